The van der Waals surface area contributed by atoms with Crippen molar-refractivity contribution in [3.8, 4) is 11.1 Å². The number of hydrogen-bond donors (Lipinski definition) is 1. The molecule has 4 rings (SSSR count). The van der Waals surface area contributed by atoms with Gasteiger partial charge in [0.1, 0.15) is 0 Å². The zero-order chi connectivity index (χ0) is 20.4. The maximum atomic E-state index is 11.9. The fourth-order valence-corrected chi connectivity index (χ4v) is 5.60. The third-order valence-corrected chi connectivity index (χ3v) is 7.20. The molecule has 0 spiro atoms. The Labute approximate surface area is 175 Å². The van der Waals surface area contributed by atoms with Crippen LogP contribution in [-0.4, -0.2) is 44.7 Å². The molecule has 2 aromatic carbocycles. The van der Waals surface area contributed by atoms with Crippen LogP contribution in [0.3, 0.4) is 0 Å². The van der Waals surface area contributed by atoms with Gasteiger partial charge in [-0.25, -0.2) is 13.1 Å². The van der Waals surface area contributed by atoms with Crippen LogP contribution in [0, 0.1) is 12.8 Å². The van der Waals surface area contributed by atoms with Crippen molar-refractivity contribution in [2.24, 2.45) is 5.92 Å². The maximum Gasteiger partial charge on any atom is 0.209 e. The van der Waals surface area contributed by atoms with Gasteiger partial charge in [0.05, 0.1) is 6.26 Å². The monoisotopic (exact) mass is 412 g/mol. The molecule has 2 aromatic rings. The van der Waals surface area contributed by atoms with E-state index in [0.29, 0.717) is 0 Å². The first kappa shape index (κ1) is 20.6. The molecule has 29 heavy (non-hydrogen) atoms. The minimum atomic E-state index is -3.21. The fourth-order valence-electron chi connectivity index (χ4n) is 4.78. The molecule has 1 aliphatic heterocycles. The van der Waals surface area contributed by atoms with E-state index in [4.69, 9.17) is 0 Å². The summed E-state index contributed by atoms with van der Waals surface area (Å²) < 4.78 is 26.8. The summed E-state index contributed by atoms with van der Waals surface area (Å²) in [6, 6.07) is 17.5. The molecule has 1 saturated heterocycles. The predicted molar refractivity (Wildman–Crippen MR) is 119 cm³/mol. The highest BCUT2D eigenvalue weighted by Crippen LogP contribution is 2.32. The van der Waals surface area contributed by atoms with Crippen LogP contribution >= 0.6 is 0 Å². The SMILES string of the molecule is Cc1cccc(-c2cccc(C[C@H]3[C@@H](NS(C)(=O)=O)CCN3CC3CCC3)c2)c1. The van der Waals surface area contributed by atoms with E-state index in [2.05, 4.69) is 65.1 Å². The minimum absolute atomic E-state index is 0.00676. The number of rotatable bonds is 7. The van der Waals surface area contributed by atoms with Gasteiger partial charge >= 0.3 is 0 Å². The van der Waals surface area contributed by atoms with Gasteiger partial charge in [-0.15, -0.1) is 0 Å². The second-order valence-corrected chi connectivity index (χ2v) is 10.7. The third-order valence-electron chi connectivity index (χ3n) is 6.47. The summed E-state index contributed by atoms with van der Waals surface area (Å²) >= 11 is 0. The van der Waals surface area contributed by atoms with E-state index in [9.17, 15) is 8.42 Å². The van der Waals surface area contributed by atoms with Crippen LogP contribution in [0.5, 0.6) is 0 Å². The highest BCUT2D eigenvalue weighted by Gasteiger charge is 2.37. The average molecular weight is 413 g/mol. The second kappa shape index (κ2) is 8.58. The molecule has 2 aliphatic rings. The molecule has 0 bridgehead atoms. The van der Waals surface area contributed by atoms with Crippen molar-refractivity contribution in [3.63, 3.8) is 0 Å². The van der Waals surface area contributed by atoms with Gasteiger partial charge < -0.3 is 0 Å². The Morgan fingerprint density at radius 3 is 2.41 bits per heavy atom. The van der Waals surface area contributed by atoms with Gasteiger partial charge in [0.25, 0.3) is 0 Å². The zero-order valence-corrected chi connectivity index (χ0v) is 18.3. The maximum absolute atomic E-state index is 11.9. The number of nitrogens with zero attached hydrogens (tertiary/aromatic N) is 1. The molecule has 4 nitrogen and oxygen atoms in total. The van der Waals surface area contributed by atoms with Gasteiger partial charge in [0.2, 0.25) is 10.0 Å². The van der Waals surface area contributed by atoms with Gasteiger partial charge in [-0.3, -0.25) is 4.90 Å². The van der Waals surface area contributed by atoms with Crippen LogP contribution in [0.15, 0.2) is 48.5 Å². The van der Waals surface area contributed by atoms with Gasteiger partial charge in [-0.1, -0.05) is 60.5 Å². The first-order chi connectivity index (χ1) is 13.9. The largest absolute Gasteiger partial charge is 0.298 e. The zero-order valence-electron chi connectivity index (χ0n) is 17.5. The number of sulfonamides is 1. The lowest BCUT2D eigenvalue weighted by Crippen LogP contribution is -2.47. The lowest BCUT2D eigenvalue weighted by molar-refractivity contribution is 0.160. The normalized spacial score (nSPS) is 23.2. The van der Waals surface area contributed by atoms with Crippen LogP contribution in [0.1, 0.15) is 36.8 Å². The standard InChI is InChI=1S/C24H32N2O2S/c1-18-6-3-10-21(14-18)22-11-5-9-20(15-22)16-24-23(25-29(2,27)28)12-13-26(24)17-19-7-4-8-19/h3,5-6,9-11,14-15,19,23-25H,4,7-8,12-13,16-17H2,1-2H3/t23-,24-/m0/s1. The lowest BCUT2D eigenvalue weighted by Gasteiger charge is -2.35. The number of likely N-dealkylation sites (tertiary alicyclic amines) is 1. The van der Waals surface area contributed by atoms with Crippen molar-refractivity contribution in [1.82, 2.24) is 9.62 Å². The highest BCUT2D eigenvalue weighted by molar-refractivity contribution is 7.88. The Morgan fingerprint density at radius 2 is 1.76 bits per heavy atom. The van der Waals surface area contributed by atoms with Crippen LogP contribution in [0.2, 0.25) is 0 Å². The van der Waals surface area contributed by atoms with Crippen LogP contribution < -0.4 is 4.72 Å². The topological polar surface area (TPSA) is 49.4 Å². The summed E-state index contributed by atoms with van der Waals surface area (Å²) in [6.07, 6.45) is 7.01. The molecular formula is C24H32N2O2S. The Balaban J connectivity index is 1.55. The van der Waals surface area contributed by atoms with E-state index in [1.165, 1.54) is 47.8 Å². The first-order valence-corrected chi connectivity index (χ1v) is 12.6. The minimum Gasteiger partial charge on any atom is -0.298 e. The third kappa shape index (κ3) is 5.27. The van der Waals surface area contributed by atoms with Crippen LogP contribution in [-0.2, 0) is 16.4 Å². The van der Waals surface area contributed by atoms with Gasteiger partial charge in [0.15, 0.2) is 0 Å². The summed E-state index contributed by atoms with van der Waals surface area (Å²) in [7, 11) is -3.21. The van der Waals surface area contributed by atoms with Crippen LogP contribution in [0.25, 0.3) is 11.1 Å². The first-order valence-electron chi connectivity index (χ1n) is 10.7. The number of aryl methyl sites for hydroxylation is 1. The average Bonchev–Trinajstić information content (AvgIpc) is 2.98. The van der Waals surface area contributed by atoms with Crippen molar-refractivity contribution >= 4 is 10.0 Å². The number of benzene rings is 2. The lowest BCUT2D eigenvalue weighted by atomic mass is 9.85. The van der Waals surface area contributed by atoms with E-state index < -0.39 is 10.0 Å². The van der Waals surface area contributed by atoms with Crippen molar-refractivity contribution < 1.29 is 8.42 Å². The van der Waals surface area contributed by atoms with E-state index in [1.807, 2.05) is 0 Å². The molecule has 156 valence electrons. The molecule has 0 radical (unpaired) electrons. The van der Waals surface area contributed by atoms with Gasteiger partial charge in [0, 0.05) is 25.2 Å². The fraction of sp³-hybridized carbons (Fsp3) is 0.500. The Kier molecular flexibility index (Phi) is 6.09. The predicted octanol–water partition coefficient (Wildman–Crippen LogP) is 4.00. The van der Waals surface area contributed by atoms with Crippen molar-refractivity contribution in [2.45, 2.75) is 51.1 Å². The molecule has 5 heteroatoms. The molecule has 0 aromatic heterocycles. The molecule has 1 saturated carbocycles. The molecule has 0 amide bonds. The molecule has 1 aliphatic carbocycles. The summed E-state index contributed by atoms with van der Waals surface area (Å²) in [6.45, 7) is 4.20. The van der Waals surface area contributed by atoms with Crippen molar-refractivity contribution in [1.29, 1.82) is 0 Å². The van der Waals surface area contributed by atoms with E-state index in [-0.39, 0.29) is 12.1 Å². The number of hydrogen-bond acceptors (Lipinski definition) is 3. The molecule has 2 atom stereocenters. The molecule has 1 heterocycles. The Morgan fingerprint density at radius 1 is 1.03 bits per heavy atom. The van der Waals surface area contributed by atoms with Crippen molar-refractivity contribution in [2.75, 3.05) is 19.3 Å². The van der Waals surface area contributed by atoms with E-state index >= 15 is 0 Å². The smallest absolute Gasteiger partial charge is 0.209 e. The Hall–Kier alpha value is -1.69. The molecular weight excluding hydrogens is 380 g/mol. The van der Waals surface area contributed by atoms with E-state index in [1.54, 1.807) is 0 Å². The highest BCUT2D eigenvalue weighted by atomic mass is 32.2. The van der Waals surface area contributed by atoms with Crippen LogP contribution in [0.4, 0.5) is 0 Å². The second-order valence-electron chi connectivity index (χ2n) is 8.92. The number of nitrogens with one attached hydrogen (secondary N) is 1. The van der Waals surface area contributed by atoms with E-state index in [0.717, 1.165) is 31.8 Å². The quantitative estimate of drug-likeness (QED) is 0.748. The van der Waals surface area contributed by atoms with Gasteiger partial charge in [-0.05, 0) is 55.2 Å². The molecule has 0 unspecified atom stereocenters. The summed E-state index contributed by atoms with van der Waals surface area (Å²) in [5, 5.41) is 0. The Bertz CT molecular complexity index is 953. The summed E-state index contributed by atoms with van der Waals surface area (Å²) in [5.41, 5.74) is 4.99. The van der Waals surface area contributed by atoms with Crippen molar-refractivity contribution in [3.05, 3.63) is 59.7 Å². The molecule has 1 N–H and O–H groups in total. The van der Waals surface area contributed by atoms with Gasteiger partial charge in [-0.2, -0.15) is 0 Å². The summed E-state index contributed by atoms with van der Waals surface area (Å²) in [4.78, 5) is 2.53. The molecule has 2 fully saturated rings. The summed E-state index contributed by atoms with van der Waals surface area (Å²) in [5.74, 6) is 0.785.